The molecule has 5 nitrogen and oxygen atoms in total. The van der Waals surface area contributed by atoms with E-state index in [1.54, 1.807) is 4.90 Å². The number of hydrogen-bond donors (Lipinski definition) is 1. The SMILES string of the molecule is O=C(O)c1ncc(OCC(F)(F)F)cc1N1CCC1. The Morgan fingerprint density at radius 1 is 1.47 bits per heavy atom. The van der Waals surface area contributed by atoms with Crippen molar-refractivity contribution in [3.63, 3.8) is 0 Å². The van der Waals surface area contributed by atoms with Gasteiger partial charge in [-0.25, -0.2) is 9.78 Å². The molecule has 1 aromatic heterocycles. The third kappa shape index (κ3) is 3.27. The van der Waals surface area contributed by atoms with E-state index in [9.17, 15) is 18.0 Å². The summed E-state index contributed by atoms with van der Waals surface area (Å²) in [7, 11) is 0. The van der Waals surface area contributed by atoms with Crippen LogP contribution in [-0.4, -0.2) is 41.9 Å². The maximum Gasteiger partial charge on any atom is 0.422 e. The van der Waals surface area contributed by atoms with Crippen molar-refractivity contribution in [2.75, 3.05) is 24.6 Å². The Labute approximate surface area is 106 Å². The number of carbonyl (C=O) groups is 1. The lowest BCUT2D eigenvalue weighted by atomic mass is 10.1. The van der Waals surface area contributed by atoms with Gasteiger partial charge in [-0.15, -0.1) is 0 Å². The molecule has 1 aliphatic heterocycles. The molecular weight excluding hydrogens is 265 g/mol. The van der Waals surface area contributed by atoms with E-state index in [0.717, 1.165) is 12.6 Å². The van der Waals surface area contributed by atoms with Crippen molar-refractivity contribution >= 4 is 11.7 Å². The fourth-order valence-corrected chi connectivity index (χ4v) is 1.64. The highest BCUT2D eigenvalue weighted by molar-refractivity contribution is 5.92. The minimum absolute atomic E-state index is 0.0933. The number of carboxylic acid groups (broad SMARTS) is 1. The normalized spacial score (nSPS) is 15.0. The van der Waals surface area contributed by atoms with E-state index < -0.39 is 18.8 Å². The van der Waals surface area contributed by atoms with Crippen LogP contribution < -0.4 is 9.64 Å². The van der Waals surface area contributed by atoms with Gasteiger partial charge in [0.05, 0.1) is 11.9 Å². The first-order valence-corrected chi connectivity index (χ1v) is 5.54. The number of hydrogen-bond acceptors (Lipinski definition) is 4. The molecule has 104 valence electrons. The van der Waals surface area contributed by atoms with E-state index in [4.69, 9.17) is 5.11 Å². The monoisotopic (exact) mass is 276 g/mol. The molecule has 1 fully saturated rings. The maximum absolute atomic E-state index is 12.0. The topological polar surface area (TPSA) is 62.7 Å². The zero-order valence-electron chi connectivity index (χ0n) is 9.78. The van der Waals surface area contributed by atoms with Gasteiger partial charge in [-0.1, -0.05) is 0 Å². The summed E-state index contributed by atoms with van der Waals surface area (Å²) in [5.41, 5.74) is 0.109. The predicted molar refractivity (Wildman–Crippen MR) is 59.6 cm³/mol. The number of anilines is 1. The standard InChI is InChI=1S/C11H11F3N2O3/c12-11(13,14)6-19-7-4-8(16-2-1-3-16)9(10(17)18)15-5-7/h4-5H,1-3,6H2,(H,17,18). The van der Waals surface area contributed by atoms with Gasteiger partial charge in [-0.2, -0.15) is 13.2 Å². The molecule has 0 saturated carbocycles. The first kappa shape index (κ1) is 13.4. The highest BCUT2D eigenvalue weighted by Crippen LogP contribution is 2.28. The van der Waals surface area contributed by atoms with Crippen LogP contribution in [0.25, 0.3) is 0 Å². The molecule has 0 aliphatic carbocycles. The highest BCUT2D eigenvalue weighted by Gasteiger charge is 2.29. The fraction of sp³-hybridized carbons (Fsp3) is 0.455. The zero-order chi connectivity index (χ0) is 14.0. The van der Waals surface area contributed by atoms with Crippen LogP contribution in [0.1, 0.15) is 16.9 Å². The van der Waals surface area contributed by atoms with E-state index >= 15 is 0 Å². The van der Waals surface area contributed by atoms with Gasteiger partial charge in [0.25, 0.3) is 0 Å². The van der Waals surface area contributed by atoms with Crippen LogP contribution in [0.4, 0.5) is 18.9 Å². The third-order valence-electron chi connectivity index (χ3n) is 2.64. The largest absolute Gasteiger partial charge is 0.482 e. The van der Waals surface area contributed by atoms with Crippen LogP contribution in [0.3, 0.4) is 0 Å². The summed E-state index contributed by atoms with van der Waals surface area (Å²) in [6.45, 7) is -0.115. The lowest BCUT2D eigenvalue weighted by Gasteiger charge is -2.33. The van der Waals surface area contributed by atoms with Gasteiger partial charge in [0.1, 0.15) is 5.75 Å². The minimum atomic E-state index is -4.44. The molecule has 2 heterocycles. The van der Waals surface area contributed by atoms with Crippen LogP contribution in [0.2, 0.25) is 0 Å². The summed E-state index contributed by atoms with van der Waals surface area (Å²) < 4.78 is 40.7. The van der Waals surface area contributed by atoms with Gasteiger partial charge >= 0.3 is 12.1 Å². The molecule has 0 aromatic carbocycles. The van der Waals surface area contributed by atoms with Crippen LogP contribution in [0.15, 0.2) is 12.3 Å². The second kappa shape index (κ2) is 4.94. The molecule has 0 radical (unpaired) electrons. The Balaban J connectivity index is 2.20. The van der Waals surface area contributed by atoms with Crippen molar-refractivity contribution in [3.05, 3.63) is 18.0 Å². The van der Waals surface area contributed by atoms with Crippen molar-refractivity contribution in [1.82, 2.24) is 4.98 Å². The first-order valence-electron chi connectivity index (χ1n) is 5.54. The van der Waals surface area contributed by atoms with Crippen molar-refractivity contribution in [1.29, 1.82) is 0 Å². The Kier molecular flexibility index (Phi) is 3.50. The van der Waals surface area contributed by atoms with E-state index in [0.29, 0.717) is 18.8 Å². The van der Waals surface area contributed by atoms with E-state index in [2.05, 4.69) is 9.72 Å². The predicted octanol–water partition coefficient (Wildman–Crippen LogP) is 1.93. The lowest BCUT2D eigenvalue weighted by Crippen LogP contribution is -2.38. The molecule has 8 heteroatoms. The van der Waals surface area contributed by atoms with Crippen molar-refractivity contribution < 1.29 is 27.8 Å². The average molecular weight is 276 g/mol. The van der Waals surface area contributed by atoms with Gasteiger partial charge in [0.2, 0.25) is 0 Å². The van der Waals surface area contributed by atoms with Crippen molar-refractivity contribution in [2.24, 2.45) is 0 Å². The number of aromatic carboxylic acids is 1. The van der Waals surface area contributed by atoms with Crippen LogP contribution in [-0.2, 0) is 0 Å². The maximum atomic E-state index is 12.0. The van der Waals surface area contributed by atoms with Gasteiger partial charge in [-0.05, 0) is 6.42 Å². The molecule has 0 spiro atoms. The Hall–Kier alpha value is -1.99. The first-order chi connectivity index (χ1) is 8.87. The Bertz CT molecular complexity index is 487. The lowest BCUT2D eigenvalue weighted by molar-refractivity contribution is -0.153. The molecule has 1 N–H and O–H groups in total. The summed E-state index contributed by atoms with van der Waals surface area (Å²) in [5.74, 6) is -1.31. The number of aromatic nitrogens is 1. The third-order valence-corrected chi connectivity index (χ3v) is 2.64. The molecule has 0 atom stereocenters. The molecule has 19 heavy (non-hydrogen) atoms. The summed E-state index contributed by atoms with van der Waals surface area (Å²) in [4.78, 5) is 16.4. The van der Waals surface area contributed by atoms with Gasteiger partial charge in [-0.3, -0.25) is 0 Å². The number of carboxylic acids is 1. The van der Waals surface area contributed by atoms with E-state index in [-0.39, 0.29) is 11.4 Å². The van der Waals surface area contributed by atoms with Crippen LogP contribution in [0.5, 0.6) is 5.75 Å². The summed E-state index contributed by atoms with van der Waals surface area (Å²) in [6.07, 6.45) is -2.55. The van der Waals surface area contributed by atoms with Crippen LogP contribution >= 0.6 is 0 Å². The molecule has 2 rings (SSSR count). The fourth-order valence-electron chi connectivity index (χ4n) is 1.64. The second-order valence-corrected chi connectivity index (χ2v) is 4.09. The van der Waals surface area contributed by atoms with E-state index in [1.165, 1.54) is 6.07 Å². The Morgan fingerprint density at radius 2 is 2.16 bits per heavy atom. The molecule has 0 bridgehead atoms. The quantitative estimate of drug-likeness (QED) is 0.910. The molecule has 1 saturated heterocycles. The number of ether oxygens (including phenoxy) is 1. The Morgan fingerprint density at radius 3 is 2.63 bits per heavy atom. The van der Waals surface area contributed by atoms with Crippen molar-refractivity contribution in [2.45, 2.75) is 12.6 Å². The number of halogens is 3. The number of rotatable bonds is 4. The average Bonchev–Trinajstić information content (AvgIpc) is 2.23. The molecular formula is C11H11F3N2O3. The zero-order valence-corrected chi connectivity index (χ0v) is 9.78. The number of nitrogens with zero attached hydrogens (tertiary/aromatic N) is 2. The van der Waals surface area contributed by atoms with Crippen molar-refractivity contribution in [3.8, 4) is 5.75 Å². The smallest absolute Gasteiger partial charge is 0.422 e. The van der Waals surface area contributed by atoms with Gasteiger partial charge in [0, 0.05) is 19.2 Å². The second-order valence-electron chi connectivity index (χ2n) is 4.09. The van der Waals surface area contributed by atoms with E-state index in [1.807, 2.05) is 0 Å². The minimum Gasteiger partial charge on any atom is -0.482 e. The van der Waals surface area contributed by atoms with Gasteiger partial charge in [0.15, 0.2) is 12.3 Å². The van der Waals surface area contributed by atoms with Crippen LogP contribution in [0, 0.1) is 0 Å². The summed E-state index contributed by atoms with van der Waals surface area (Å²) in [5, 5.41) is 8.97. The number of alkyl halides is 3. The highest BCUT2D eigenvalue weighted by atomic mass is 19.4. The van der Waals surface area contributed by atoms with Gasteiger partial charge < -0.3 is 14.7 Å². The molecule has 1 aromatic rings. The molecule has 0 amide bonds. The molecule has 1 aliphatic rings. The summed E-state index contributed by atoms with van der Waals surface area (Å²) in [6, 6.07) is 1.28. The number of pyridine rings is 1. The molecule has 0 unspecified atom stereocenters. The summed E-state index contributed by atoms with van der Waals surface area (Å²) >= 11 is 0.